The van der Waals surface area contributed by atoms with Gasteiger partial charge in [0.2, 0.25) is 0 Å². The van der Waals surface area contributed by atoms with Crippen LogP contribution < -0.4 is 5.73 Å². The molecule has 0 heterocycles. The molecule has 6 nitrogen and oxygen atoms in total. The first kappa shape index (κ1) is 15.9. The molecule has 0 spiro atoms. The lowest BCUT2D eigenvalue weighted by Crippen LogP contribution is -2.45. The maximum absolute atomic E-state index is 11.8. The van der Waals surface area contributed by atoms with Gasteiger partial charge in [-0.2, -0.15) is 0 Å². The number of carbonyl (C=O) groups excluding carboxylic acids is 1. The molecule has 0 aliphatic rings. The van der Waals surface area contributed by atoms with Gasteiger partial charge in [-0.3, -0.25) is 9.59 Å². The molecule has 6 heteroatoms. The van der Waals surface area contributed by atoms with E-state index in [1.165, 1.54) is 21.0 Å². The first-order valence-electron chi connectivity index (χ1n) is 5.41. The van der Waals surface area contributed by atoms with Crippen molar-refractivity contribution in [3.63, 3.8) is 0 Å². The third kappa shape index (κ3) is 3.98. The van der Waals surface area contributed by atoms with Crippen molar-refractivity contribution in [3.8, 4) is 0 Å². The number of ether oxygens (including phenoxy) is 2. The van der Waals surface area contributed by atoms with Gasteiger partial charge in [0.05, 0.1) is 17.4 Å². The first-order chi connectivity index (χ1) is 7.78. The summed E-state index contributed by atoms with van der Waals surface area (Å²) in [6, 6.07) is 0. The van der Waals surface area contributed by atoms with Crippen molar-refractivity contribution in [3.05, 3.63) is 0 Å². The van der Waals surface area contributed by atoms with E-state index in [-0.39, 0.29) is 13.2 Å². The van der Waals surface area contributed by atoms with E-state index in [0.29, 0.717) is 0 Å². The van der Waals surface area contributed by atoms with Crippen LogP contribution in [-0.2, 0) is 19.1 Å². The quantitative estimate of drug-likeness (QED) is 0.626. The van der Waals surface area contributed by atoms with E-state index in [0.717, 1.165) is 0 Å². The van der Waals surface area contributed by atoms with Crippen LogP contribution in [0.1, 0.15) is 20.8 Å². The molecule has 0 bridgehead atoms. The number of nitrogens with two attached hydrogens (primary N) is 1. The molecule has 2 atom stereocenters. The van der Waals surface area contributed by atoms with Gasteiger partial charge < -0.3 is 20.3 Å². The summed E-state index contributed by atoms with van der Waals surface area (Å²) in [6.45, 7) is 4.95. The second-order valence-corrected chi connectivity index (χ2v) is 4.40. The number of rotatable bonds is 7. The second-order valence-electron chi connectivity index (χ2n) is 4.40. The van der Waals surface area contributed by atoms with Crippen LogP contribution in [0.4, 0.5) is 0 Å². The van der Waals surface area contributed by atoms with E-state index in [4.69, 9.17) is 15.2 Å². The maximum atomic E-state index is 11.8. The summed E-state index contributed by atoms with van der Waals surface area (Å²) >= 11 is 0. The van der Waals surface area contributed by atoms with Gasteiger partial charge in [-0.1, -0.05) is 0 Å². The first-order valence-corrected chi connectivity index (χ1v) is 5.41. The van der Waals surface area contributed by atoms with Crippen LogP contribution in [0.3, 0.4) is 0 Å². The van der Waals surface area contributed by atoms with Crippen molar-refractivity contribution in [1.82, 2.24) is 0 Å². The molecule has 0 radical (unpaired) electrons. The summed E-state index contributed by atoms with van der Waals surface area (Å²) in [5, 5.41) is 9.17. The fraction of sp³-hybridized carbons (Fsp3) is 0.818. The molecular weight excluding hydrogens is 226 g/mol. The number of aliphatic carboxylic acids is 1. The highest BCUT2D eigenvalue weighted by atomic mass is 16.5. The Bertz CT molecular complexity index is 277. The van der Waals surface area contributed by atoms with E-state index in [2.05, 4.69) is 0 Å². The summed E-state index contributed by atoms with van der Waals surface area (Å²) in [5.41, 5.74) is 4.05. The zero-order valence-corrected chi connectivity index (χ0v) is 10.7. The zero-order chi connectivity index (χ0) is 13.6. The van der Waals surface area contributed by atoms with Crippen molar-refractivity contribution >= 4 is 11.9 Å². The van der Waals surface area contributed by atoms with E-state index in [1.54, 1.807) is 6.92 Å². The third-order valence-corrected chi connectivity index (χ3v) is 2.76. The highest BCUT2D eigenvalue weighted by molar-refractivity contribution is 5.84. The topological polar surface area (TPSA) is 98.8 Å². The molecule has 100 valence electrons. The fourth-order valence-electron chi connectivity index (χ4n) is 1.70. The highest BCUT2D eigenvalue weighted by Gasteiger charge is 2.46. The molecule has 0 aliphatic heterocycles. The van der Waals surface area contributed by atoms with Gasteiger partial charge in [0.25, 0.3) is 0 Å². The number of esters is 1. The number of methoxy groups -OCH3 is 1. The average Bonchev–Trinajstić information content (AvgIpc) is 2.24. The molecular formula is C11H21NO5. The maximum Gasteiger partial charge on any atom is 0.312 e. The van der Waals surface area contributed by atoms with Crippen molar-refractivity contribution in [2.45, 2.75) is 26.9 Å². The highest BCUT2D eigenvalue weighted by Crippen LogP contribution is 2.32. The summed E-state index contributed by atoms with van der Waals surface area (Å²) in [7, 11) is 1.40. The number of carboxylic acids is 1. The van der Waals surface area contributed by atoms with Gasteiger partial charge in [-0.05, 0) is 20.8 Å². The Kier molecular flexibility index (Phi) is 6.12. The van der Waals surface area contributed by atoms with Crippen LogP contribution in [0, 0.1) is 11.3 Å². The minimum atomic E-state index is -1.17. The Balaban J connectivity index is 4.94. The molecule has 0 rings (SSSR count). The Labute approximate surface area is 101 Å². The molecule has 2 unspecified atom stereocenters. The van der Waals surface area contributed by atoms with Crippen LogP contribution >= 0.6 is 0 Å². The Morgan fingerprint density at radius 2 is 1.94 bits per heavy atom. The van der Waals surface area contributed by atoms with Gasteiger partial charge in [0.1, 0.15) is 6.61 Å². The number of carboxylic acid groups (broad SMARTS) is 1. The minimum Gasteiger partial charge on any atom is -0.481 e. The lowest BCUT2D eigenvalue weighted by atomic mass is 9.76. The van der Waals surface area contributed by atoms with Gasteiger partial charge in [0.15, 0.2) is 0 Å². The molecule has 0 aliphatic carbocycles. The van der Waals surface area contributed by atoms with Crippen LogP contribution in [0.2, 0.25) is 0 Å². The molecule has 17 heavy (non-hydrogen) atoms. The lowest BCUT2D eigenvalue weighted by molar-refractivity contribution is -0.170. The zero-order valence-electron chi connectivity index (χ0n) is 10.7. The molecule has 3 N–H and O–H groups in total. The van der Waals surface area contributed by atoms with E-state index < -0.39 is 29.4 Å². The van der Waals surface area contributed by atoms with Crippen molar-refractivity contribution in [2.75, 3.05) is 20.3 Å². The average molecular weight is 247 g/mol. The fourth-order valence-corrected chi connectivity index (χ4v) is 1.70. The van der Waals surface area contributed by atoms with Crippen molar-refractivity contribution in [2.24, 2.45) is 17.1 Å². The number of hydrogen-bond acceptors (Lipinski definition) is 5. The van der Waals surface area contributed by atoms with Crippen LogP contribution in [0.25, 0.3) is 0 Å². The predicted octanol–water partition coefficient (Wildman–Crippen LogP) is 0.250. The number of carbonyl (C=O) groups is 2. The van der Waals surface area contributed by atoms with Crippen LogP contribution in [0.15, 0.2) is 0 Å². The normalized spacial score (nSPS) is 15.1. The summed E-state index contributed by atoms with van der Waals surface area (Å²) in [5.74, 6) is -2.65. The minimum absolute atomic E-state index is 0.0793. The van der Waals surface area contributed by atoms with Gasteiger partial charge >= 0.3 is 11.9 Å². The van der Waals surface area contributed by atoms with Gasteiger partial charge in [-0.25, -0.2) is 0 Å². The van der Waals surface area contributed by atoms with E-state index in [9.17, 15) is 14.7 Å². The Hall–Kier alpha value is -1.14. The second kappa shape index (κ2) is 6.56. The van der Waals surface area contributed by atoms with E-state index >= 15 is 0 Å². The van der Waals surface area contributed by atoms with Crippen LogP contribution in [0.5, 0.6) is 0 Å². The van der Waals surface area contributed by atoms with Crippen molar-refractivity contribution < 1.29 is 24.2 Å². The molecule has 0 amide bonds. The SMILES string of the molecule is COC(C)C(C(=O)O)C(C)(C)C(=O)OCCN. The summed E-state index contributed by atoms with van der Waals surface area (Å²) < 4.78 is 9.90. The summed E-state index contributed by atoms with van der Waals surface area (Å²) in [6.07, 6.45) is -0.590. The predicted molar refractivity (Wildman–Crippen MR) is 61.4 cm³/mol. The Morgan fingerprint density at radius 1 is 1.41 bits per heavy atom. The largest absolute Gasteiger partial charge is 0.481 e. The monoisotopic (exact) mass is 247 g/mol. The third-order valence-electron chi connectivity index (χ3n) is 2.76. The smallest absolute Gasteiger partial charge is 0.312 e. The van der Waals surface area contributed by atoms with E-state index in [1.807, 2.05) is 0 Å². The standard InChI is InChI=1S/C11H21NO5/c1-7(16-4)8(9(13)14)11(2,3)10(15)17-6-5-12/h7-8H,5-6,12H2,1-4H3,(H,13,14). The van der Waals surface area contributed by atoms with Gasteiger partial charge in [-0.15, -0.1) is 0 Å². The lowest BCUT2D eigenvalue weighted by Gasteiger charge is -2.32. The van der Waals surface area contributed by atoms with Crippen molar-refractivity contribution in [1.29, 1.82) is 0 Å². The molecule has 0 saturated carbocycles. The molecule has 0 aromatic heterocycles. The molecule has 0 aromatic rings. The summed E-state index contributed by atoms with van der Waals surface area (Å²) in [4.78, 5) is 23.0. The Morgan fingerprint density at radius 3 is 2.29 bits per heavy atom. The number of hydrogen-bond donors (Lipinski definition) is 2. The van der Waals surface area contributed by atoms with Crippen LogP contribution in [-0.4, -0.2) is 43.4 Å². The molecule has 0 aromatic carbocycles. The molecule has 0 fully saturated rings. The molecule has 0 saturated heterocycles. The van der Waals surface area contributed by atoms with Gasteiger partial charge in [0, 0.05) is 13.7 Å².